The fourth-order valence-corrected chi connectivity index (χ4v) is 2.39. The third-order valence-corrected chi connectivity index (χ3v) is 3.52. The molecular formula is C12H15N3O2S. The monoisotopic (exact) mass is 265 g/mol. The first-order chi connectivity index (χ1) is 8.63. The quantitative estimate of drug-likeness (QED) is 0.899. The van der Waals surface area contributed by atoms with Gasteiger partial charge in [-0.3, -0.25) is 0 Å². The molecule has 0 aliphatic rings. The summed E-state index contributed by atoms with van der Waals surface area (Å²) in [5.74, 6) is 0.123. The highest BCUT2D eigenvalue weighted by atomic mass is 32.2. The molecular weight excluding hydrogens is 250 g/mol. The van der Waals surface area contributed by atoms with E-state index < -0.39 is 5.97 Å². The summed E-state index contributed by atoms with van der Waals surface area (Å²) in [4.78, 5) is 10.9. The van der Waals surface area contributed by atoms with E-state index in [9.17, 15) is 4.79 Å². The number of rotatable bonds is 5. The van der Waals surface area contributed by atoms with Gasteiger partial charge >= 0.3 is 5.97 Å². The molecule has 0 bridgehead atoms. The Morgan fingerprint density at radius 3 is 3.00 bits per heavy atom. The molecule has 2 rings (SSSR count). The van der Waals surface area contributed by atoms with Gasteiger partial charge in [-0.15, -0.1) is 5.10 Å². The fourth-order valence-electron chi connectivity index (χ4n) is 1.81. The van der Waals surface area contributed by atoms with Crippen LogP contribution in [0, 0.1) is 0 Å². The van der Waals surface area contributed by atoms with Crippen molar-refractivity contribution in [3.8, 4) is 0 Å². The van der Waals surface area contributed by atoms with Crippen molar-refractivity contribution in [1.29, 1.82) is 0 Å². The Morgan fingerprint density at radius 2 is 2.33 bits per heavy atom. The van der Waals surface area contributed by atoms with Crippen LogP contribution in [0.4, 0.5) is 0 Å². The number of hydrogen-bond donors (Lipinski definition) is 1. The molecule has 1 atom stereocenters. The molecule has 1 aromatic carbocycles. The minimum atomic E-state index is -0.943. The lowest BCUT2D eigenvalue weighted by atomic mass is 10.2. The van der Waals surface area contributed by atoms with Gasteiger partial charge in [0.15, 0.2) is 0 Å². The smallest absolute Gasteiger partial charge is 0.335 e. The number of benzene rings is 1. The number of carboxylic acid groups (broad SMARTS) is 1. The summed E-state index contributed by atoms with van der Waals surface area (Å²) in [6, 6.07) is 5.18. The predicted molar refractivity (Wildman–Crippen MR) is 72.2 cm³/mol. The Bertz CT molecular complexity index is 567. The van der Waals surface area contributed by atoms with E-state index in [0.29, 0.717) is 5.52 Å². The second-order valence-electron chi connectivity index (χ2n) is 4.17. The topological polar surface area (TPSA) is 68.0 Å². The summed E-state index contributed by atoms with van der Waals surface area (Å²) in [5.41, 5.74) is 1.76. The standard InChI is InChI=1S/C12H15N3O2S/c1-8(5-6-18-2)15-11-4-3-9(12(16)17)7-10(11)13-14-15/h3-4,7-8H,5-6H2,1-2H3,(H,16,17). The van der Waals surface area contributed by atoms with Crippen molar-refractivity contribution >= 4 is 28.8 Å². The van der Waals surface area contributed by atoms with E-state index >= 15 is 0 Å². The zero-order valence-electron chi connectivity index (χ0n) is 10.3. The first kappa shape index (κ1) is 12.9. The van der Waals surface area contributed by atoms with Crippen molar-refractivity contribution in [2.45, 2.75) is 19.4 Å². The van der Waals surface area contributed by atoms with Crippen LogP contribution >= 0.6 is 11.8 Å². The summed E-state index contributed by atoms with van der Waals surface area (Å²) >= 11 is 1.80. The van der Waals surface area contributed by atoms with Crippen LogP contribution in [0.1, 0.15) is 29.7 Å². The third-order valence-electron chi connectivity index (χ3n) is 2.88. The van der Waals surface area contributed by atoms with Crippen LogP contribution < -0.4 is 0 Å². The molecule has 5 nitrogen and oxygen atoms in total. The first-order valence-electron chi connectivity index (χ1n) is 5.70. The number of carboxylic acids is 1. The summed E-state index contributed by atoms with van der Waals surface area (Å²) in [5, 5.41) is 17.1. The van der Waals surface area contributed by atoms with E-state index in [-0.39, 0.29) is 11.6 Å². The molecule has 0 radical (unpaired) electrons. The fraction of sp³-hybridized carbons (Fsp3) is 0.417. The van der Waals surface area contributed by atoms with Crippen molar-refractivity contribution < 1.29 is 9.90 Å². The second-order valence-corrected chi connectivity index (χ2v) is 5.16. The molecule has 6 heteroatoms. The van der Waals surface area contributed by atoms with Crippen molar-refractivity contribution in [2.75, 3.05) is 12.0 Å². The zero-order valence-corrected chi connectivity index (χ0v) is 11.1. The summed E-state index contributed by atoms with van der Waals surface area (Å²) in [7, 11) is 0. The zero-order chi connectivity index (χ0) is 13.1. The van der Waals surface area contributed by atoms with Crippen LogP contribution in [0.25, 0.3) is 11.0 Å². The Hall–Kier alpha value is -1.56. The molecule has 1 heterocycles. The van der Waals surface area contributed by atoms with Crippen LogP contribution in [-0.4, -0.2) is 38.1 Å². The molecule has 0 saturated heterocycles. The highest BCUT2D eigenvalue weighted by Crippen LogP contribution is 2.20. The number of hydrogen-bond acceptors (Lipinski definition) is 4. The molecule has 1 aromatic heterocycles. The van der Waals surface area contributed by atoms with Gasteiger partial charge in [0.1, 0.15) is 5.52 Å². The molecule has 0 saturated carbocycles. The van der Waals surface area contributed by atoms with E-state index in [1.54, 1.807) is 30.0 Å². The molecule has 1 N–H and O–H groups in total. The van der Waals surface area contributed by atoms with Gasteiger partial charge < -0.3 is 5.11 Å². The van der Waals surface area contributed by atoms with Crippen molar-refractivity contribution in [3.63, 3.8) is 0 Å². The maximum Gasteiger partial charge on any atom is 0.335 e. The highest BCUT2D eigenvalue weighted by Gasteiger charge is 2.12. The van der Waals surface area contributed by atoms with E-state index in [4.69, 9.17) is 5.11 Å². The van der Waals surface area contributed by atoms with Crippen LogP contribution in [-0.2, 0) is 0 Å². The SMILES string of the molecule is CSCCC(C)n1nnc2cc(C(=O)O)ccc21. The van der Waals surface area contributed by atoms with Gasteiger partial charge in [0, 0.05) is 0 Å². The minimum absolute atomic E-state index is 0.242. The second kappa shape index (κ2) is 5.39. The number of aromatic nitrogens is 3. The lowest BCUT2D eigenvalue weighted by Gasteiger charge is -2.11. The summed E-state index contributed by atoms with van der Waals surface area (Å²) in [6.07, 6.45) is 3.09. The highest BCUT2D eigenvalue weighted by molar-refractivity contribution is 7.98. The number of aromatic carboxylic acids is 1. The molecule has 2 aromatic rings. The maximum atomic E-state index is 10.9. The average molecular weight is 265 g/mol. The van der Waals surface area contributed by atoms with E-state index in [1.165, 1.54) is 0 Å². The largest absolute Gasteiger partial charge is 0.478 e. The van der Waals surface area contributed by atoms with Crippen LogP contribution in [0.5, 0.6) is 0 Å². The van der Waals surface area contributed by atoms with Gasteiger partial charge in [-0.2, -0.15) is 11.8 Å². The molecule has 0 aliphatic carbocycles. The number of thioether (sulfide) groups is 1. The molecule has 0 fully saturated rings. The lowest BCUT2D eigenvalue weighted by molar-refractivity contribution is 0.0697. The van der Waals surface area contributed by atoms with Gasteiger partial charge in [0.05, 0.1) is 17.1 Å². The first-order valence-corrected chi connectivity index (χ1v) is 7.10. The Labute approximate surface area is 109 Å². The van der Waals surface area contributed by atoms with Gasteiger partial charge in [0.2, 0.25) is 0 Å². The molecule has 0 aliphatic heterocycles. The Kier molecular flexibility index (Phi) is 3.86. The van der Waals surface area contributed by atoms with Gasteiger partial charge in [-0.1, -0.05) is 5.21 Å². The minimum Gasteiger partial charge on any atom is -0.478 e. The molecule has 96 valence electrons. The van der Waals surface area contributed by atoms with Crippen LogP contribution in [0.2, 0.25) is 0 Å². The van der Waals surface area contributed by atoms with Gasteiger partial charge in [-0.25, -0.2) is 9.48 Å². The summed E-state index contributed by atoms with van der Waals surface area (Å²) in [6.45, 7) is 2.09. The van der Waals surface area contributed by atoms with Crippen LogP contribution in [0.15, 0.2) is 18.2 Å². The van der Waals surface area contributed by atoms with Crippen molar-refractivity contribution in [1.82, 2.24) is 15.0 Å². The van der Waals surface area contributed by atoms with E-state index in [0.717, 1.165) is 17.7 Å². The maximum absolute atomic E-state index is 10.9. The van der Waals surface area contributed by atoms with Crippen molar-refractivity contribution in [3.05, 3.63) is 23.8 Å². The average Bonchev–Trinajstić information content (AvgIpc) is 2.78. The van der Waals surface area contributed by atoms with Crippen molar-refractivity contribution in [2.24, 2.45) is 0 Å². The number of carbonyl (C=O) groups is 1. The molecule has 0 amide bonds. The van der Waals surface area contributed by atoms with Gasteiger partial charge in [-0.05, 0) is 43.6 Å². The summed E-state index contributed by atoms with van der Waals surface area (Å²) < 4.78 is 1.86. The molecule has 18 heavy (non-hydrogen) atoms. The lowest BCUT2D eigenvalue weighted by Crippen LogP contribution is -2.08. The predicted octanol–water partition coefficient (Wildman–Crippen LogP) is 2.44. The Balaban J connectivity index is 2.33. The third kappa shape index (κ3) is 2.48. The number of fused-ring (bicyclic) bond motifs is 1. The van der Waals surface area contributed by atoms with Crippen LogP contribution in [0.3, 0.4) is 0 Å². The molecule has 0 spiro atoms. The Morgan fingerprint density at radius 1 is 1.56 bits per heavy atom. The van der Waals surface area contributed by atoms with E-state index in [1.807, 2.05) is 4.68 Å². The molecule has 1 unspecified atom stereocenters. The number of nitrogens with zero attached hydrogens (tertiary/aromatic N) is 3. The normalized spacial score (nSPS) is 12.8. The van der Waals surface area contributed by atoms with E-state index in [2.05, 4.69) is 23.5 Å². The van der Waals surface area contributed by atoms with Gasteiger partial charge in [0.25, 0.3) is 0 Å².